The van der Waals surface area contributed by atoms with Gasteiger partial charge in [0.05, 0.1) is 5.56 Å². The SMILES string of the molecule is NC1CCN(c2cc(Br)cc(C(F)(F)F)c2)CC1. The fourth-order valence-corrected chi connectivity index (χ4v) is 2.56. The highest BCUT2D eigenvalue weighted by Crippen LogP contribution is 2.35. The summed E-state index contributed by atoms with van der Waals surface area (Å²) in [5.41, 5.74) is 5.77. The smallest absolute Gasteiger partial charge is 0.371 e. The van der Waals surface area contributed by atoms with Gasteiger partial charge in [-0.3, -0.25) is 0 Å². The molecule has 0 amide bonds. The number of alkyl halides is 3. The molecule has 0 aliphatic carbocycles. The van der Waals surface area contributed by atoms with E-state index in [1.165, 1.54) is 6.07 Å². The highest BCUT2D eigenvalue weighted by Gasteiger charge is 2.31. The maximum Gasteiger partial charge on any atom is 0.416 e. The van der Waals surface area contributed by atoms with Crippen LogP contribution in [0.1, 0.15) is 18.4 Å². The van der Waals surface area contributed by atoms with Gasteiger partial charge in [0.15, 0.2) is 0 Å². The van der Waals surface area contributed by atoms with Crippen molar-refractivity contribution in [1.82, 2.24) is 0 Å². The van der Waals surface area contributed by atoms with Crippen LogP contribution in [0.2, 0.25) is 0 Å². The van der Waals surface area contributed by atoms with Gasteiger partial charge in [0.25, 0.3) is 0 Å². The van der Waals surface area contributed by atoms with E-state index in [0.29, 0.717) is 23.2 Å². The number of nitrogens with zero attached hydrogens (tertiary/aromatic N) is 1. The van der Waals surface area contributed by atoms with Crippen molar-refractivity contribution in [2.45, 2.75) is 25.1 Å². The van der Waals surface area contributed by atoms with Crippen LogP contribution >= 0.6 is 15.9 Å². The summed E-state index contributed by atoms with van der Waals surface area (Å²) in [5, 5.41) is 0. The standard InChI is InChI=1S/C12H14BrF3N2/c13-9-5-8(12(14,15)16)6-11(7-9)18-3-1-10(17)2-4-18/h5-7,10H,1-4,17H2. The van der Waals surface area contributed by atoms with E-state index in [4.69, 9.17) is 5.73 Å². The largest absolute Gasteiger partial charge is 0.416 e. The molecule has 0 spiro atoms. The van der Waals surface area contributed by atoms with E-state index in [0.717, 1.165) is 18.9 Å². The van der Waals surface area contributed by atoms with E-state index >= 15 is 0 Å². The van der Waals surface area contributed by atoms with Crippen molar-refractivity contribution >= 4 is 21.6 Å². The molecular weight excluding hydrogens is 309 g/mol. The third-order valence-electron chi connectivity index (χ3n) is 3.11. The average molecular weight is 323 g/mol. The van der Waals surface area contributed by atoms with Crippen LogP contribution in [-0.4, -0.2) is 19.1 Å². The van der Waals surface area contributed by atoms with Gasteiger partial charge in [-0.15, -0.1) is 0 Å². The van der Waals surface area contributed by atoms with E-state index in [2.05, 4.69) is 15.9 Å². The second kappa shape index (κ2) is 5.09. The summed E-state index contributed by atoms with van der Waals surface area (Å²) >= 11 is 3.13. The number of piperidine rings is 1. The molecule has 0 aromatic heterocycles. The van der Waals surface area contributed by atoms with E-state index in [1.807, 2.05) is 4.90 Å². The lowest BCUT2D eigenvalue weighted by Crippen LogP contribution is -2.39. The number of benzene rings is 1. The van der Waals surface area contributed by atoms with Gasteiger partial charge < -0.3 is 10.6 Å². The minimum Gasteiger partial charge on any atom is -0.371 e. The summed E-state index contributed by atoms with van der Waals surface area (Å²) in [5.74, 6) is 0. The minimum absolute atomic E-state index is 0.162. The fourth-order valence-electron chi connectivity index (χ4n) is 2.08. The van der Waals surface area contributed by atoms with Crippen molar-refractivity contribution in [2.75, 3.05) is 18.0 Å². The zero-order valence-corrected chi connectivity index (χ0v) is 11.3. The number of nitrogens with two attached hydrogens (primary N) is 1. The van der Waals surface area contributed by atoms with Crippen LogP contribution in [0.3, 0.4) is 0 Å². The van der Waals surface area contributed by atoms with Gasteiger partial charge in [-0.2, -0.15) is 13.2 Å². The van der Waals surface area contributed by atoms with E-state index in [9.17, 15) is 13.2 Å². The molecule has 2 N–H and O–H groups in total. The lowest BCUT2D eigenvalue weighted by molar-refractivity contribution is -0.137. The first-order chi connectivity index (χ1) is 8.36. The molecule has 1 aromatic carbocycles. The Hall–Kier alpha value is -0.750. The third-order valence-corrected chi connectivity index (χ3v) is 3.57. The fraction of sp³-hybridized carbons (Fsp3) is 0.500. The molecule has 1 aliphatic rings. The molecule has 0 atom stereocenters. The molecular formula is C12H14BrF3N2. The highest BCUT2D eigenvalue weighted by molar-refractivity contribution is 9.10. The number of hydrogen-bond donors (Lipinski definition) is 1. The summed E-state index contributed by atoms with van der Waals surface area (Å²) < 4.78 is 38.6. The molecule has 2 rings (SSSR count). The predicted molar refractivity (Wildman–Crippen MR) is 68.6 cm³/mol. The zero-order valence-electron chi connectivity index (χ0n) is 9.67. The zero-order chi connectivity index (χ0) is 13.3. The van der Waals surface area contributed by atoms with Crippen molar-refractivity contribution < 1.29 is 13.2 Å². The molecule has 0 radical (unpaired) electrons. The molecule has 1 aliphatic heterocycles. The Balaban J connectivity index is 2.25. The number of hydrogen-bond acceptors (Lipinski definition) is 2. The van der Waals surface area contributed by atoms with Crippen LogP contribution < -0.4 is 10.6 Å². The molecule has 1 fully saturated rings. The van der Waals surface area contributed by atoms with Gasteiger partial charge >= 0.3 is 6.18 Å². The van der Waals surface area contributed by atoms with E-state index < -0.39 is 11.7 Å². The molecule has 100 valence electrons. The maximum absolute atomic E-state index is 12.7. The first-order valence-corrected chi connectivity index (χ1v) is 6.54. The lowest BCUT2D eigenvalue weighted by atomic mass is 10.0. The summed E-state index contributed by atoms with van der Waals surface area (Å²) in [4.78, 5) is 1.95. The second-order valence-electron chi connectivity index (χ2n) is 4.52. The molecule has 6 heteroatoms. The maximum atomic E-state index is 12.7. The number of anilines is 1. The second-order valence-corrected chi connectivity index (χ2v) is 5.44. The molecule has 18 heavy (non-hydrogen) atoms. The molecule has 1 saturated heterocycles. The van der Waals surface area contributed by atoms with Gasteiger partial charge in [-0.05, 0) is 31.0 Å². The number of halogens is 4. The normalized spacial score (nSPS) is 18.2. The highest BCUT2D eigenvalue weighted by atomic mass is 79.9. The Bertz CT molecular complexity index is 426. The van der Waals surface area contributed by atoms with Crippen molar-refractivity contribution in [2.24, 2.45) is 5.73 Å². The Morgan fingerprint density at radius 1 is 1.17 bits per heavy atom. The van der Waals surface area contributed by atoms with Gasteiger partial charge in [0.1, 0.15) is 0 Å². The van der Waals surface area contributed by atoms with Gasteiger partial charge in [-0.25, -0.2) is 0 Å². The Kier molecular flexibility index (Phi) is 3.87. The monoisotopic (exact) mass is 322 g/mol. The number of rotatable bonds is 1. The van der Waals surface area contributed by atoms with Crippen LogP contribution in [0.25, 0.3) is 0 Å². The quantitative estimate of drug-likeness (QED) is 0.858. The van der Waals surface area contributed by atoms with Gasteiger partial charge in [0.2, 0.25) is 0 Å². The van der Waals surface area contributed by atoms with Crippen molar-refractivity contribution in [3.8, 4) is 0 Å². The van der Waals surface area contributed by atoms with Crippen LogP contribution in [-0.2, 0) is 6.18 Å². The minimum atomic E-state index is -4.31. The summed E-state index contributed by atoms with van der Waals surface area (Å²) in [6.45, 7) is 1.41. The summed E-state index contributed by atoms with van der Waals surface area (Å²) in [7, 11) is 0. The van der Waals surface area contributed by atoms with Crippen LogP contribution in [0.5, 0.6) is 0 Å². The molecule has 1 aromatic rings. The topological polar surface area (TPSA) is 29.3 Å². The van der Waals surface area contributed by atoms with Crippen LogP contribution in [0.15, 0.2) is 22.7 Å². The Labute approximate surface area is 112 Å². The van der Waals surface area contributed by atoms with E-state index in [1.54, 1.807) is 6.07 Å². The summed E-state index contributed by atoms with van der Waals surface area (Å²) in [6, 6.07) is 4.17. The van der Waals surface area contributed by atoms with Crippen LogP contribution in [0.4, 0.5) is 18.9 Å². The molecule has 0 bridgehead atoms. The van der Waals surface area contributed by atoms with Crippen molar-refractivity contribution in [3.05, 3.63) is 28.2 Å². The first-order valence-electron chi connectivity index (χ1n) is 5.74. The van der Waals surface area contributed by atoms with Gasteiger partial charge in [-0.1, -0.05) is 15.9 Å². The average Bonchev–Trinajstić information content (AvgIpc) is 2.28. The Morgan fingerprint density at radius 3 is 2.33 bits per heavy atom. The third kappa shape index (κ3) is 3.17. The first kappa shape index (κ1) is 13.7. The predicted octanol–water partition coefficient (Wildman–Crippen LogP) is 3.40. The molecule has 1 heterocycles. The van der Waals surface area contributed by atoms with Crippen LogP contribution in [0, 0.1) is 0 Å². The van der Waals surface area contributed by atoms with Crippen molar-refractivity contribution in [1.29, 1.82) is 0 Å². The van der Waals surface area contributed by atoms with E-state index in [-0.39, 0.29) is 6.04 Å². The van der Waals surface area contributed by atoms with Crippen molar-refractivity contribution in [3.63, 3.8) is 0 Å². The van der Waals surface area contributed by atoms with Gasteiger partial charge in [0, 0.05) is 29.3 Å². The lowest BCUT2D eigenvalue weighted by Gasteiger charge is -2.32. The Morgan fingerprint density at radius 2 is 1.78 bits per heavy atom. The molecule has 2 nitrogen and oxygen atoms in total. The molecule has 0 saturated carbocycles. The summed E-state index contributed by atoms with van der Waals surface area (Å²) in [6.07, 6.45) is -2.69. The molecule has 0 unspecified atom stereocenters.